The van der Waals surface area contributed by atoms with Crippen LogP contribution in [0.5, 0.6) is 0 Å². The molecule has 2 aromatic rings. The van der Waals surface area contributed by atoms with Crippen LogP contribution in [-0.2, 0) is 9.47 Å². The minimum atomic E-state index is -0.500. The molecule has 146 valence electrons. The maximum Gasteiger partial charge on any atom is 0.353 e. The van der Waals surface area contributed by atoms with Gasteiger partial charge in [-0.05, 0) is 24.6 Å². The van der Waals surface area contributed by atoms with Crippen molar-refractivity contribution in [3.8, 4) is 0 Å². The number of rotatable bonds is 10. The first-order valence-electron chi connectivity index (χ1n) is 8.23. The summed E-state index contributed by atoms with van der Waals surface area (Å²) >= 11 is 6.14. The molecule has 1 aromatic heterocycles. The third-order valence-electron chi connectivity index (χ3n) is 3.85. The average molecular weight is 396 g/mol. The number of aryl methyl sites for hydroxylation is 1. The van der Waals surface area contributed by atoms with E-state index in [9.17, 15) is 10.1 Å². The van der Waals surface area contributed by atoms with Crippen LogP contribution in [0.15, 0.2) is 24.5 Å². The van der Waals surface area contributed by atoms with Crippen LogP contribution in [0.4, 0.5) is 23.0 Å². The monoisotopic (exact) mass is 395 g/mol. The Morgan fingerprint density at radius 3 is 2.44 bits per heavy atom. The summed E-state index contributed by atoms with van der Waals surface area (Å²) in [5.74, 6) is 0.287. The van der Waals surface area contributed by atoms with Crippen molar-refractivity contribution >= 4 is 34.6 Å². The number of hydrogen-bond donors (Lipinski definition) is 1. The number of ether oxygens (including phenoxy) is 2. The molecule has 0 aliphatic rings. The van der Waals surface area contributed by atoms with E-state index in [1.807, 2.05) is 13.0 Å². The highest BCUT2D eigenvalue weighted by atomic mass is 35.5. The predicted molar refractivity (Wildman–Crippen MR) is 104 cm³/mol. The Bertz CT molecular complexity index is 782. The Labute approximate surface area is 162 Å². The minimum Gasteiger partial charge on any atom is -0.383 e. The van der Waals surface area contributed by atoms with Crippen molar-refractivity contribution in [3.63, 3.8) is 0 Å². The van der Waals surface area contributed by atoms with Crippen molar-refractivity contribution in [2.75, 3.05) is 50.7 Å². The van der Waals surface area contributed by atoms with Crippen LogP contribution in [-0.4, -0.2) is 55.4 Å². The van der Waals surface area contributed by atoms with E-state index in [1.165, 1.54) is 6.33 Å². The topological polar surface area (TPSA) is 103 Å². The number of nitrogens with zero attached hydrogens (tertiary/aromatic N) is 4. The number of halogens is 1. The number of anilines is 3. The van der Waals surface area contributed by atoms with E-state index < -0.39 is 4.92 Å². The van der Waals surface area contributed by atoms with Crippen LogP contribution in [0.3, 0.4) is 0 Å². The zero-order valence-corrected chi connectivity index (χ0v) is 16.2. The molecule has 0 spiro atoms. The molecule has 0 amide bonds. The lowest BCUT2D eigenvalue weighted by Gasteiger charge is -2.23. The van der Waals surface area contributed by atoms with Gasteiger partial charge >= 0.3 is 5.69 Å². The smallest absolute Gasteiger partial charge is 0.353 e. The quantitative estimate of drug-likeness (QED) is 0.483. The van der Waals surface area contributed by atoms with Gasteiger partial charge in [0.2, 0.25) is 11.6 Å². The van der Waals surface area contributed by atoms with E-state index in [0.29, 0.717) is 37.0 Å². The molecule has 0 atom stereocenters. The zero-order chi connectivity index (χ0) is 19.8. The molecule has 0 fully saturated rings. The van der Waals surface area contributed by atoms with Gasteiger partial charge in [0.15, 0.2) is 0 Å². The van der Waals surface area contributed by atoms with Crippen molar-refractivity contribution in [3.05, 3.63) is 45.2 Å². The summed E-state index contributed by atoms with van der Waals surface area (Å²) in [5, 5.41) is 15.3. The largest absolute Gasteiger partial charge is 0.383 e. The van der Waals surface area contributed by atoms with Crippen LogP contribution in [0.2, 0.25) is 5.02 Å². The summed E-state index contributed by atoms with van der Waals surface area (Å²) < 4.78 is 10.2. The molecule has 0 saturated heterocycles. The Kier molecular flexibility index (Phi) is 7.71. The summed E-state index contributed by atoms with van der Waals surface area (Å²) in [4.78, 5) is 21.2. The van der Waals surface area contributed by atoms with Gasteiger partial charge in [-0.25, -0.2) is 9.97 Å². The van der Waals surface area contributed by atoms with Gasteiger partial charge in [-0.3, -0.25) is 10.1 Å². The van der Waals surface area contributed by atoms with E-state index in [0.717, 1.165) is 5.56 Å². The minimum absolute atomic E-state index is 0.0877. The summed E-state index contributed by atoms with van der Waals surface area (Å²) in [6.45, 7) is 3.50. The maximum atomic E-state index is 11.8. The molecule has 1 aromatic carbocycles. The van der Waals surface area contributed by atoms with Crippen molar-refractivity contribution in [1.29, 1.82) is 0 Å². The Hall–Kier alpha value is -2.49. The van der Waals surface area contributed by atoms with Crippen molar-refractivity contribution < 1.29 is 14.4 Å². The van der Waals surface area contributed by atoms with Gasteiger partial charge < -0.3 is 19.7 Å². The second-order valence-electron chi connectivity index (χ2n) is 5.71. The van der Waals surface area contributed by atoms with Gasteiger partial charge in [0.25, 0.3) is 0 Å². The lowest BCUT2D eigenvalue weighted by atomic mass is 10.2. The predicted octanol–water partition coefficient (Wildman–Crippen LogP) is 3.19. The summed E-state index contributed by atoms with van der Waals surface area (Å²) in [6.07, 6.45) is 1.28. The fraction of sp³-hybridized carbons (Fsp3) is 0.412. The van der Waals surface area contributed by atoms with E-state index in [4.69, 9.17) is 21.1 Å². The van der Waals surface area contributed by atoms with Crippen molar-refractivity contribution in [2.24, 2.45) is 0 Å². The first-order chi connectivity index (χ1) is 13.0. The van der Waals surface area contributed by atoms with Gasteiger partial charge in [-0.15, -0.1) is 0 Å². The number of aromatic nitrogens is 2. The number of hydrogen-bond acceptors (Lipinski definition) is 8. The standard InChI is InChI=1S/C17H22ClN5O4/c1-12-4-5-13(10-14(12)18)21-16-15(23(24)25)17(20-11-19-16)22(6-8-26-2)7-9-27-3/h4-5,10-11H,6-9H2,1-3H3,(H,19,20,21). The molecule has 0 aliphatic heterocycles. The molecule has 9 nitrogen and oxygen atoms in total. The molecule has 10 heteroatoms. The first kappa shape index (κ1) is 20.8. The molecule has 0 aliphatic carbocycles. The Morgan fingerprint density at radius 2 is 1.89 bits per heavy atom. The van der Waals surface area contributed by atoms with Crippen LogP contribution in [0, 0.1) is 17.0 Å². The highest BCUT2D eigenvalue weighted by Crippen LogP contribution is 2.34. The number of methoxy groups -OCH3 is 2. The number of nitrogens with one attached hydrogen (secondary N) is 1. The van der Waals surface area contributed by atoms with Crippen molar-refractivity contribution in [2.45, 2.75) is 6.92 Å². The Balaban J connectivity index is 2.41. The second kappa shape index (κ2) is 10.0. The lowest BCUT2D eigenvalue weighted by Crippen LogP contribution is -2.32. The lowest BCUT2D eigenvalue weighted by molar-refractivity contribution is -0.383. The fourth-order valence-electron chi connectivity index (χ4n) is 2.39. The highest BCUT2D eigenvalue weighted by molar-refractivity contribution is 6.31. The molecule has 1 heterocycles. The van der Waals surface area contributed by atoms with Gasteiger partial charge in [0.05, 0.1) is 18.1 Å². The van der Waals surface area contributed by atoms with E-state index in [-0.39, 0.29) is 17.3 Å². The molecule has 0 radical (unpaired) electrons. The Morgan fingerprint density at radius 1 is 1.22 bits per heavy atom. The number of benzene rings is 1. The van der Waals surface area contributed by atoms with Gasteiger partial charge in [-0.2, -0.15) is 0 Å². The van der Waals surface area contributed by atoms with Crippen LogP contribution >= 0.6 is 11.6 Å². The van der Waals surface area contributed by atoms with Gasteiger partial charge in [0, 0.05) is 38.0 Å². The SMILES string of the molecule is COCCN(CCOC)c1ncnc(Nc2ccc(C)c(Cl)c2)c1[N+](=O)[O-]. The van der Waals surface area contributed by atoms with E-state index in [2.05, 4.69) is 15.3 Å². The van der Waals surface area contributed by atoms with E-state index in [1.54, 1.807) is 31.3 Å². The molecule has 1 N–H and O–H groups in total. The summed E-state index contributed by atoms with van der Waals surface area (Å²) in [5.41, 5.74) is 1.28. The van der Waals surface area contributed by atoms with Crippen LogP contribution in [0.1, 0.15) is 5.56 Å². The highest BCUT2D eigenvalue weighted by Gasteiger charge is 2.27. The third-order valence-corrected chi connectivity index (χ3v) is 4.26. The third kappa shape index (κ3) is 5.49. The van der Waals surface area contributed by atoms with Gasteiger partial charge in [-0.1, -0.05) is 17.7 Å². The molecule has 27 heavy (non-hydrogen) atoms. The molecular weight excluding hydrogens is 374 g/mol. The maximum absolute atomic E-state index is 11.8. The molecular formula is C17H22ClN5O4. The van der Waals surface area contributed by atoms with Crippen molar-refractivity contribution in [1.82, 2.24) is 9.97 Å². The average Bonchev–Trinajstić information content (AvgIpc) is 2.64. The zero-order valence-electron chi connectivity index (χ0n) is 15.4. The fourth-order valence-corrected chi connectivity index (χ4v) is 2.57. The summed E-state index contributed by atoms with van der Waals surface area (Å²) in [6, 6.07) is 5.29. The van der Waals surface area contributed by atoms with Crippen LogP contribution < -0.4 is 10.2 Å². The van der Waals surface area contributed by atoms with Gasteiger partial charge in [0.1, 0.15) is 6.33 Å². The molecule has 0 bridgehead atoms. The second-order valence-corrected chi connectivity index (χ2v) is 6.12. The van der Waals surface area contributed by atoms with E-state index >= 15 is 0 Å². The first-order valence-corrected chi connectivity index (χ1v) is 8.61. The molecule has 0 saturated carbocycles. The molecule has 0 unspecified atom stereocenters. The summed E-state index contributed by atoms with van der Waals surface area (Å²) in [7, 11) is 3.13. The number of nitro groups is 1. The normalized spacial score (nSPS) is 10.7. The van der Waals surface area contributed by atoms with Crippen LogP contribution in [0.25, 0.3) is 0 Å². The molecule has 2 rings (SSSR count).